The van der Waals surface area contributed by atoms with Crippen molar-refractivity contribution in [3.63, 3.8) is 0 Å². The molecule has 0 aromatic heterocycles. The minimum absolute atomic E-state index is 0.433. The lowest BCUT2D eigenvalue weighted by atomic mass is 10.1. The number of hydrogen-bond acceptors (Lipinski definition) is 5. The van der Waals surface area contributed by atoms with Crippen LogP contribution in [0.1, 0.15) is 0 Å². The fraction of sp³-hybridized carbons (Fsp3) is 0.571. The normalized spacial score (nSPS) is 34.9. The molecule has 0 fully saturated rings. The number of hydrogen-bond donors (Lipinski definition) is 2. The molecule has 5 nitrogen and oxygen atoms in total. The van der Waals surface area contributed by atoms with E-state index in [1.54, 1.807) is 6.08 Å². The molecule has 1 heterocycles. The highest BCUT2D eigenvalue weighted by Crippen LogP contribution is 2.13. The van der Waals surface area contributed by atoms with Crippen molar-refractivity contribution in [3.05, 3.63) is 11.8 Å². The first-order valence-electron chi connectivity index (χ1n) is 3.50. The van der Waals surface area contributed by atoms with Crippen LogP contribution in [0.15, 0.2) is 16.8 Å². The Balaban J connectivity index is 2.81. The molecule has 0 radical (unpaired) electrons. The second kappa shape index (κ2) is 3.22. The van der Waals surface area contributed by atoms with Crippen LogP contribution in [0, 0.1) is 0 Å². The number of dihydropyridines is 1. The molecule has 12 heavy (non-hydrogen) atoms. The van der Waals surface area contributed by atoms with Gasteiger partial charge in [0.05, 0.1) is 11.9 Å². The molecule has 1 aliphatic rings. The molecule has 0 amide bonds. The maximum atomic E-state index is 5.68. The summed E-state index contributed by atoms with van der Waals surface area (Å²) in [5.74, 6) is 0. The molecule has 5 heteroatoms. The molecule has 4 N–H and O–H groups in total. The Labute approximate surface area is 71.0 Å². The molecule has 2 unspecified atom stereocenters. The van der Waals surface area contributed by atoms with E-state index in [9.17, 15) is 0 Å². The molecule has 0 aromatic carbocycles. The van der Waals surface area contributed by atoms with Crippen LogP contribution < -0.4 is 11.5 Å². The van der Waals surface area contributed by atoms with Crippen molar-refractivity contribution in [1.82, 2.24) is 0 Å². The van der Waals surface area contributed by atoms with Gasteiger partial charge in [-0.1, -0.05) is 0 Å². The summed E-state index contributed by atoms with van der Waals surface area (Å²) >= 11 is 0. The van der Waals surface area contributed by atoms with Gasteiger partial charge < -0.3 is 15.2 Å². The Kier molecular flexibility index (Phi) is 2.46. The Morgan fingerprint density at radius 3 is 2.67 bits per heavy atom. The average molecular weight is 171 g/mol. The van der Waals surface area contributed by atoms with Crippen molar-refractivity contribution in [2.24, 2.45) is 16.5 Å². The first kappa shape index (κ1) is 9.18. The van der Waals surface area contributed by atoms with Crippen LogP contribution in [0.2, 0.25) is 0 Å². The zero-order valence-corrected chi connectivity index (χ0v) is 7.15. The van der Waals surface area contributed by atoms with Crippen LogP contribution in [0.25, 0.3) is 0 Å². The van der Waals surface area contributed by atoms with Gasteiger partial charge >= 0.3 is 0 Å². The lowest BCUT2D eigenvalue weighted by Gasteiger charge is -2.26. The second-order valence-electron chi connectivity index (χ2n) is 2.57. The van der Waals surface area contributed by atoms with Crippen LogP contribution in [-0.4, -0.2) is 32.4 Å². The zero-order valence-electron chi connectivity index (χ0n) is 7.15. The highest BCUT2D eigenvalue weighted by atomic mass is 16.5. The largest absolute Gasteiger partial charge is 0.398 e. The van der Waals surface area contributed by atoms with E-state index in [1.807, 2.05) is 0 Å². The predicted molar refractivity (Wildman–Crippen MR) is 45.5 cm³/mol. The predicted octanol–water partition coefficient (Wildman–Crippen LogP) is -0.813. The third-order valence-electron chi connectivity index (χ3n) is 1.67. The quantitative estimate of drug-likeness (QED) is 0.532. The number of nitrogens with zero attached hydrogens (tertiary/aromatic N) is 1. The minimum atomic E-state index is -0.987. The topological polar surface area (TPSA) is 82.9 Å². The van der Waals surface area contributed by atoms with Gasteiger partial charge in [0, 0.05) is 14.2 Å². The second-order valence-corrected chi connectivity index (χ2v) is 2.57. The van der Waals surface area contributed by atoms with Gasteiger partial charge in [0.15, 0.2) is 12.0 Å². The maximum absolute atomic E-state index is 5.68. The van der Waals surface area contributed by atoms with Gasteiger partial charge in [0.2, 0.25) is 0 Å². The number of ether oxygens (including phenoxy) is 2. The van der Waals surface area contributed by atoms with Gasteiger partial charge in [0.1, 0.15) is 0 Å². The molecule has 0 aliphatic carbocycles. The van der Waals surface area contributed by atoms with E-state index < -0.39 is 12.0 Å². The van der Waals surface area contributed by atoms with Crippen LogP contribution >= 0.6 is 0 Å². The molecular formula is C7H13N3O2. The number of nitrogens with two attached hydrogens (primary N) is 2. The first-order valence-corrected chi connectivity index (χ1v) is 3.50. The Bertz CT molecular complexity index is 227. The van der Waals surface area contributed by atoms with E-state index >= 15 is 0 Å². The van der Waals surface area contributed by atoms with E-state index in [4.69, 9.17) is 20.9 Å². The zero-order chi connectivity index (χ0) is 9.19. The molecule has 1 rings (SSSR count). The van der Waals surface area contributed by atoms with Crippen molar-refractivity contribution < 1.29 is 9.47 Å². The van der Waals surface area contributed by atoms with E-state index in [0.29, 0.717) is 5.70 Å². The van der Waals surface area contributed by atoms with Gasteiger partial charge in [-0.05, 0) is 6.08 Å². The van der Waals surface area contributed by atoms with Crippen molar-refractivity contribution in [1.29, 1.82) is 0 Å². The average Bonchev–Trinajstić information content (AvgIpc) is 2.05. The highest BCUT2D eigenvalue weighted by molar-refractivity contribution is 5.73. The summed E-state index contributed by atoms with van der Waals surface area (Å²) in [6.07, 6.45) is 2.61. The molecule has 1 aliphatic heterocycles. The summed E-state index contributed by atoms with van der Waals surface area (Å²) in [6.45, 7) is 0. The van der Waals surface area contributed by atoms with Crippen LogP contribution in [-0.2, 0) is 9.47 Å². The van der Waals surface area contributed by atoms with E-state index in [1.165, 1.54) is 20.4 Å². The number of methoxy groups -OCH3 is 2. The van der Waals surface area contributed by atoms with E-state index in [-0.39, 0.29) is 0 Å². The summed E-state index contributed by atoms with van der Waals surface area (Å²) in [7, 11) is 3.02. The van der Waals surface area contributed by atoms with Gasteiger partial charge in [0.25, 0.3) is 0 Å². The number of aliphatic imine (C=N–C) groups is 1. The van der Waals surface area contributed by atoms with Gasteiger partial charge in [-0.15, -0.1) is 0 Å². The van der Waals surface area contributed by atoms with Crippen LogP contribution in [0.5, 0.6) is 0 Å². The lowest BCUT2D eigenvalue weighted by Crippen LogP contribution is -2.46. The molecule has 2 atom stereocenters. The van der Waals surface area contributed by atoms with Gasteiger partial charge in [-0.3, -0.25) is 10.7 Å². The van der Waals surface area contributed by atoms with E-state index in [0.717, 1.165) is 0 Å². The number of rotatable bonds is 2. The molecular weight excluding hydrogens is 158 g/mol. The van der Waals surface area contributed by atoms with Crippen molar-refractivity contribution in [2.45, 2.75) is 12.0 Å². The first-order chi connectivity index (χ1) is 5.61. The summed E-state index contributed by atoms with van der Waals surface area (Å²) < 4.78 is 9.90. The fourth-order valence-corrected chi connectivity index (χ4v) is 0.948. The van der Waals surface area contributed by atoms with Crippen LogP contribution in [0.3, 0.4) is 0 Å². The summed E-state index contributed by atoms with van der Waals surface area (Å²) in [6, 6.07) is 0. The Morgan fingerprint density at radius 2 is 2.25 bits per heavy atom. The van der Waals surface area contributed by atoms with E-state index in [2.05, 4.69) is 4.99 Å². The summed E-state index contributed by atoms with van der Waals surface area (Å²) in [5.41, 5.74) is 10.8. The molecule has 68 valence electrons. The monoisotopic (exact) mass is 171 g/mol. The SMILES string of the molecule is COC1N=CC(N)(OC)C=C1N. The lowest BCUT2D eigenvalue weighted by molar-refractivity contribution is 0.0843. The maximum Gasteiger partial charge on any atom is 0.187 e. The Morgan fingerprint density at radius 1 is 1.58 bits per heavy atom. The molecule has 0 bridgehead atoms. The standard InChI is InChI=1S/C7H13N3O2/c1-11-6-5(8)3-7(9,12-2)4-10-6/h3-4,6H,8-9H2,1-2H3. The third-order valence-corrected chi connectivity index (χ3v) is 1.67. The minimum Gasteiger partial charge on any atom is -0.398 e. The molecule has 0 spiro atoms. The third kappa shape index (κ3) is 1.63. The van der Waals surface area contributed by atoms with Crippen molar-refractivity contribution in [3.8, 4) is 0 Å². The van der Waals surface area contributed by atoms with Crippen LogP contribution in [0.4, 0.5) is 0 Å². The Hall–Kier alpha value is -0.910. The van der Waals surface area contributed by atoms with Crippen molar-refractivity contribution in [2.75, 3.05) is 14.2 Å². The fourth-order valence-electron chi connectivity index (χ4n) is 0.948. The smallest absolute Gasteiger partial charge is 0.187 e. The van der Waals surface area contributed by atoms with Gasteiger partial charge in [-0.25, -0.2) is 0 Å². The van der Waals surface area contributed by atoms with Gasteiger partial charge in [-0.2, -0.15) is 0 Å². The molecule has 0 aromatic rings. The van der Waals surface area contributed by atoms with Crippen molar-refractivity contribution >= 4 is 6.21 Å². The molecule has 0 saturated heterocycles. The molecule has 0 saturated carbocycles. The summed E-state index contributed by atoms with van der Waals surface area (Å²) in [5, 5.41) is 0. The highest BCUT2D eigenvalue weighted by Gasteiger charge is 2.26. The summed E-state index contributed by atoms with van der Waals surface area (Å²) in [4.78, 5) is 3.96.